The van der Waals surface area contributed by atoms with Crippen LogP contribution in [0.1, 0.15) is 44.2 Å². The van der Waals surface area contributed by atoms with Crippen LogP contribution in [0.5, 0.6) is 0 Å². The molecule has 8 heteroatoms. The quantitative estimate of drug-likeness (QED) is 0.635. The van der Waals surface area contributed by atoms with Crippen molar-refractivity contribution in [1.82, 2.24) is 19.5 Å². The normalized spacial score (nSPS) is 30.5. The van der Waals surface area contributed by atoms with E-state index in [1.165, 1.54) is 16.3 Å². The number of benzene rings is 1. The molecule has 6 rings (SSSR count). The lowest BCUT2D eigenvalue weighted by molar-refractivity contribution is -0.141. The molecule has 2 unspecified atom stereocenters. The second-order valence-corrected chi connectivity index (χ2v) is 8.81. The Bertz CT molecular complexity index is 1150. The van der Waals surface area contributed by atoms with Crippen molar-refractivity contribution >= 4 is 17.4 Å². The predicted molar refractivity (Wildman–Crippen MR) is 112 cm³/mol. The van der Waals surface area contributed by atoms with Crippen LogP contribution < -0.4 is 4.90 Å². The molecule has 31 heavy (non-hydrogen) atoms. The number of carbonyl (C=O) groups is 1. The van der Waals surface area contributed by atoms with Crippen molar-refractivity contribution < 1.29 is 13.9 Å². The van der Waals surface area contributed by atoms with Gasteiger partial charge in [0, 0.05) is 31.6 Å². The maximum absolute atomic E-state index is 14.0. The summed E-state index contributed by atoms with van der Waals surface area (Å²) in [5, 5.41) is 4.15. The van der Waals surface area contributed by atoms with E-state index >= 15 is 0 Å². The molecule has 4 atom stereocenters. The average Bonchev–Trinajstić information content (AvgIpc) is 3.44. The predicted octanol–water partition coefficient (Wildman–Crippen LogP) is 3.32. The van der Waals surface area contributed by atoms with Gasteiger partial charge in [0.1, 0.15) is 12.0 Å². The Balaban J connectivity index is 1.27. The maximum Gasteiger partial charge on any atom is 0.257 e. The summed E-state index contributed by atoms with van der Waals surface area (Å²) in [6, 6.07) is 12.2. The molecule has 0 aliphatic carbocycles. The van der Waals surface area contributed by atoms with Crippen molar-refractivity contribution in [2.45, 2.75) is 56.5 Å². The third kappa shape index (κ3) is 2.70. The fourth-order valence-corrected chi connectivity index (χ4v) is 5.64. The van der Waals surface area contributed by atoms with E-state index in [2.05, 4.69) is 34.0 Å². The van der Waals surface area contributed by atoms with Gasteiger partial charge in [-0.2, -0.15) is 9.61 Å². The summed E-state index contributed by atoms with van der Waals surface area (Å²) >= 11 is 0. The first-order chi connectivity index (χ1) is 15.1. The van der Waals surface area contributed by atoms with Gasteiger partial charge in [0.25, 0.3) is 5.91 Å². The molecule has 3 fully saturated rings. The van der Waals surface area contributed by atoms with Gasteiger partial charge in [0.15, 0.2) is 17.1 Å². The van der Waals surface area contributed by atoms with Crippen LogP contribution in [0.25, 0.3) is 5.65 Å². The van der Waals surface area contributed by atoms with Gasteiger partial charge in [-0.25, -0.2) is 9.37 Å². The number of rotatable bonds is 2. The summed E-state index contributed by atoms with van der Waals surface area (Å²) in [5.41, 5.74) is 0.601. The molecular formula is C23H24FN5O2. The van der Waals surface area contributed by atoms with Crippen LogP contribution in [0, 0.1) is 5.82 Å². The van der Waals surface area contributed by atoms with E-state index in [-0.39, 0.29) is 29.9 Å². The Morgan fingerprint density at radius 3 is 2.84 bits per heavy atom. The molecule has 2 aromatic heterocycles. The molecule has 1 spiro atoms. The van der Waals surface area contributed by atoms with Gasteiger partial charge in [-0.1, -0.05) is 30.3 Å². The number of hydrogen-bond acceptors (Lipinski definition) is 5. The van der Waals surface area contributed by atoms with Crippen molar-refractivity contribution in [3.8, 4) is 0 Å². The number of aromatic nitrogens is 3. The Morgan fingerprint density at radius 2 is 2.03 bits per heavy atom. The molecule has 5 heterocycles. The lowest BCUT2D eigenvalue weighted by atomic mass is 9.85. The van der Waals surface area contributed by atoms with Gasteiger partial charge in [-0.15, -0.1) is 0 Å². The van der Waals surface area contributed by atoms with Gasteiger partial charge < -0.3 is 14.5 Å². The summed E-state index contributed by atoms with van der Waals surface area (Å²) < 4.78 is 22.0. The van der Waals surface area contributed by atoms with Crippen molar-refractivity contribution in [3.63, 3.8) is 0 Å². The third-order valence-electron chi connectivity index (χ3n) is 7.05. The molecular weight excluding hydrogens is 397 g/mol. The van der Waals surface area contributed by atoms with Crippen LogP contribution in [0.2, 0.25) is 0 Å². The molecule has 1 aromatic carbocycles. The van der Waals surface area contributed by atoms with Gasteiger partial charge in [-0.05, 0) is 31.4 Å². The summed E-state index contributed by atoms with van der Waals surface area (Å²) in [6.07, 6.45) is 5.62. The lowest BCUT2D eigenvalue weighted by Gasteiger charge is -2.43. The van der Waals surface area contributed by atoms with Crippen molar-refractivity contribution in [2.24, 2.45) is 0 Å². The maximum atomic E-state index is 14.0. The first-order valence-electron chi connectivity index (χ1n) is 10.9. The van der Waals surface area contributed by atoms with Crippen LogP contribution in [0.3, 0.4) is 0 Å². The highest BCUT2D eigenvalue weighted by atomic mass is 19.1. The van der Waals surface area contributed by atoms with Crippen LogP contribution in [-0.4, -0.2) is 49.8 Å². The monoisotopic (exact) mass is 421 g/mol. The van der Waals surface area contributed by atoms with Crippen molar-refractivity contribution in [2.75, 3.05) is 11.4 Å². The molecule has 0 bridgehead atoms. The fourth-order valence-electron chi connectivity index (χ4n) is 5.64. The molecule has 3 saturated heterocycles. The van der Waals surface area contributed by atoms with Crippen LogP contribution >= 0.6 is 0 Å². The number of nitrogens with zero attached hydrogens (tertiary/aromatic N) is 5. The van der Waals surface area contributed by atoms with E-state index in [1.54, 1.807) is 6.20 Å². The molecule has 0 N–H and O–H groups in total. The van der Waals surface area contributed by atoms with Crippen LogP contribution in [-0.2, 0) is 9.53 Å². The zero-order chi connectivity index (χ0) is 21.2. The second kappa shape index (κ2) is 6.75. The summed E-state index contributed by atoms with van der Waals surface area (Å²) in [4.78, 5) is 21.9. The number of ether oxygens (including phenoxy) is 1. The van der Waals surface area contributed by atoms with Crippen molar-refractivity contribution in [1.29, 1.82) is 0 Å². The van der Waals surface area contributed by atoms with E-state index in [4.69, 9.17) is 4.74 Å². The van der Waals surface area contributed by atoms with Crippen LogP contribution in [0.15, 0.2) is 48.8 Å². The zero-order valence-corrected chi connectivity index (χ0v) is 17.3. The topological polar surface area (TPSA) is 63.0 Å². The molecule has 1 amide bonds. The minimum atomic E-state index is -0.782. The smallest absolute Gasteiger partial charge is 0.257 e. The Hall–Kier alpha value is -3.00. The fraction of sp³-hybridized carbons (Fsp3) is 0.435. The molecule has 3 aromatic rings. The van der Waals surface area contributed by atoms with Crippen LogP contribution in [0.4, 0.5) is 10.2 Å². The summed E-state index contributed by atoms with van der Waals surface area (Å²) in [7, 11) is 0. The Morgan fingerprint density at radius 1 is 1.19 bits per heavy atom. The number of halogens is 1. The molecule has 0 radical (unpaired) electrons. The third-order valence-corrected chi connectivity index (χ3v) is 7.05. The molecule has 3 aliphatic rings. The average molecular weight is 421 g/mol. The molecule has 3 aliphatic heterocycles. The van der Waals surface area contributed by atoms with Gasteiger partial charge in [0.2, 0.25) is 0 Å². The molecule has 7 nitrogen and oxygen atoms in total. The molecule has 0 saturated carbocycles. The highest BCUT2D eigenvalue weighted by Crippen LogP contribution is 2.48. The highest BCUT2D eigenvalue weighted by Gasteiger charge is 2.59. The largest absolute Gasteiger partial charge is 0.353 e. The zero-order valence-electron chi connectivity index (χ0n) is 17.3. The Labute approximate surface area is 179 Å². The minimum absolute atomic E-state index is 0.0331. The number of hydrogen-bond donors (Lipinski definition) is 0. The number of amides is 1. The van der Waals surface area contributed by atoms with E-state index in [0.29, 0.717) is 19.4 Å². The lowest BCUT2D eigenvalue weighted by Crippen LogP contribution is -2.54. The second-order valence-electron chi connectivity index (χ2n) is 8.81. The summed E-state index contributed by atoms with van der Waals surface area (Å²) in [6.45, 7) is 2.71. The number of carbonyl (C=O) groups excluding carboxylic acids is 1. The van der Waals surface area contributed by atoms with Gasteiger partial charge in [0.05, 0.1) is 12.2 Å². The van der Waals surface area contributed by atoms with Gasteiger partial charge >= 0.3 is 0 Å². The Kier molecular flexibility index (Phi) is 4.08. The number of fused-ring (bicyclic) bond motifs is 2. The number of piperidine rings is 1. The SMILES string of the molecule is CC1CC2(CCN1c1ccnc3c(F)cnn13)O[C@@H]1CC[C@@H](c3ccccc3)N1C2=O. The highest BCUT2D eigenvalue weighted by molar-refractivity contribution is 5.88. The minimum Gasteiger partial charge on any atom is -0.353 e. The summed E-state index contributed by atoms with van der Waals surface area (Å²) in [5.74, 6) is 0.453. The van der Waals surface area contributed by atoms with Gasteiger partial charge in [-0.3, -0.25) is 4.79 Å². The first kappa shape index (κ1) is 18.7. The van der Waals surface area contributed by atoms with E-state index in [0.717, 1.165) is 18.7 Å². The first-order valence-corrected chi connectivity index (χ1v) is 10.9. The van der Waals surface area contributed by atoms with E-state index in [9.17, 15) is 9.18 Å². The standard InChI is InChI=1S/C23H24FN5O2/c1-15-13-23(10-12-27(15)19-9-11-25-21-17(24)14-26-29(19)21)22(30)28-18(7-8-20(28)31-23)16-5-3-2-4-6-16/h2-6,9,11,14-15,18,20H,7-8,10,12-13H2,1H3/t15?,18-,20+,23?/m0/s1. The molecule has 160 valence electrons. The number of anilines is 1. The van der Waals surface area contributed by atoms with Crippen molar-refractivity contribution in [3.05, 3.63) is 60.2 Å². The van der Waals surface area contributed by atoms with E-state index in [1.807, 2.05) is 29.2 Å². The van der Waals surface area contributed by atoms with E-state index < -0.39 is 11.4 Å².